The first kappa shape index (κ1) is 6.58. The fourth-order valence-electron chi connectivity index (χ4n) is 1.86. The minimum atomic E-state index is 0.292. The molecule has 0 aliphatic carbocycles. The van der Waals surface area contributed by atoms with Gasteiger partial charge in [-0.05, 0) is 6.42 Å². The molecular weight excluding hydrogens is 130 g/mol. The molecule has 0 aromatic carbocycles. The van der Waals surface area contributed by atoms with E-state index in [1.54, 1.807) is 0 Å². The molecule has 2 rings (SSSR count). The summed E-state index contributed by atoms with van der Waals surface area (Å²) < 4.78 is 5.45. The largest absolute Gasteiger partial charge is 0.395 e. The summed E-state index contributed by atoms with van der Waals surface area (Å²) in [5.74, 6) is 0. The Kier molecular flexibility index (Phi) is 1.64. The lowest BCUT2D eigenvalue weighted by molar-refractivity contribution is 0.0134. The van der Waals surface area contributed by atoms with Gasteiger partial charge in [0.25, 0.3) is 0 Å². The molecule has 3 atom stereocenters. The van der Waals surface area contributed by atoms with Crippen LogP contribution < -0.4 is 0 Å². The quantitative estimate of drug-likeness (QED) is 0.534. The summed E-state index contributed by atoms with van der Waals surface area (Å²) in [6, 6.07) is 0.382. The Labute approximate surface area is 60.6 Å². The molecule has 58 valence electrons. The first-order valence-corrected chi connectivity index (χ1v) is 3.86. The topological polar surface area (TPSA) is 32.7 Å². The van der Waals surface area contributed by atoms with Gasteiger partial charge in [-0.15, -0.1) is 0 Å². The summed E-state index contributed by atoms with van der Waals surface area (Å²) in [5.41, 5.74) is 0. The number of aliphatic hydroxyl groups excluding tert-OH is 1. The second-order valence-electron chi connectivity index (χ2n) is 3.06. The Hall–Kier alpha value is -0.120. The number of hydrogen-bond acceptors (Lipinski definition) is 3. The van der Waals surface area contributed by atoms with E-state index in [2.05, 4.69) is 4.90 Å². The highest BCUT2D eigenvalue weighted by Gasteiger charge is 2.34. The van der Waals surface area contributed by atoms with Gasteiger partial charge in [-0.25, -0.2) is 0 Å². The molecule has 2 heterocycles. The van der Waals surface area contributed by atoms with E-state index in [9.17, 15) is 0 Å². The molecule has 2 bridgehead atoms. The minimum absolute atomic E-state index is 0.292. The number of fused-ring (bicyclic) bond motifs is 2. The standard InChI is InChI=1S/C7H13NO2/c9-5-6-3-7-4-8(6)1-2-10-7/h6-7,9H,1-5H2/t6?,7-/m1/s1. The van der Waals surface area contributed by atoms with Crippen LogP contribution in [0.2, 0.25) is 0 Å². The van der Waals surface area contributed by atoms with Crippen molar-refractivity contribution in [3.8, 4) is 0 Å². The van der Waals surface area contributed by atoms with Crippen molar-refractivity contribution in [2.75, 3.05) is 26.3 Å². The fraction of sp³-hybridized carbons (Fsp3) is 1.00. The van der Waals surface area contributed by atoms with Crippen molar-refractivity contribution in [2.24, 2.45) is 0 Å². The molecule has 1 unspecified atom stereocenters. The normalized spacial score (nSPS) is 45.9. The van der Waals surface area contributed by atoms with Crippen molar-refractivity contribution < 1.29 is 9.84 Å². The molecule has 0 amide bonds. The Balaban J connectivity index is 2.01. The molecule has 2 fully saturated rings. The molecule has 0 spiro atoms. The van der Waals surface area contributed by atoms with E-state index < -0.39 is 0 Å². The van der Waals surface area contributed by atoms with Gasteiger partial charge in [0.05, 0.1) is 19.3 Å². The molecule has 3 nitrogen and oxygen atoms in total. The van der Waals surface area contributed by atoms with E-state index in [1.807, 2.05) is 0 Å². The molecule has 0 radical (unpaired) electrons. The molecule has 3 heteroatoms. The van der Waals surface area contributed by atoms with E-state index in [4.69, 9.17) is 9.84 Å². The average molecular weight is 143 g/mol. The second-order valence-corrected chi connectivity index (χ2v) is 3.06. The zero-order valence-corrected chi connectivity index (χ0v) is 5.99. The molecule has 0 aromatic heterocycles. The number of aliphatic hydroxyl groups is 1. The summed E-state index contributed by atoms with van der Waals surface area (Å²) in [7, 11) is 0. The van der Waals surface area contributed by atoms with Gasteiger partial charge in [0, 0.05) is 19.1 Å². The number of morpholine rings is 1. The highest BCUT2D eigenvalue weighted by atomic mass is 16.5. The van der Waals surface area contributed by atoms with Gasteiger partial charge < -0.3 is 9.84 Å². The van der Waals surface area contributed by atoms with Crippen LogP contribution in [-0.4, -0.2) is 48.5 Å². The molecule has 1 N–H and O–H groups in total. The van der Waals surface area contributed by atoms with Crippen molar-refractivity contribution in [3.05, 3.63) is 0 Å². The van der Waals surface area contributed by atoms with E-state index in [0.717, 1.165) is 26.1 Å². The molecular formula is C7H13NO2. The number of rotatable bonds is 1. The predicted octanol–water partition coefficient (Wildman–Crippen LogP) is -0.548. The second kappa shape index (κ2) is 2.49. The van der Waals surface area contributed by atoms with Gasteiger partial charge in [0.15, 0.2) is 0 Å². The molecule has 0 aromatic rings. The minimum Gasteiger partial charge on any atom is -0.395 e. The maximum Gasteiger partial charge on any atom is 0.0718 e. The number of ether oxygens (including phenoxy) is 1. The summed E-state index contributed by atoms with van der Waals surface area (Å²) in [4.78, 5) is 2.31. The van der Waals surface area contributed by atoms with Crippen LogP contribution in [0.5, 0.6) is 0 Å². The van der Waals surface area contributed by atoms with Crippen LogP contribution in [0.1, 0.15) is 6.42 Å². The maximum atomic E-state index is 8.92. The highest BCUT2D eigenvalue weighted by molar-refractivity contribution is 4.88. The summed E-state index contributed by atoms with van der Waals surface area (Å²) in [6.07, 6.45) is 1.43. The van der Waals surface area contributed by atoms with Crippen LogP contribution in [0.25, 0.3) is 0 Å². The van der Waals surface area contributed by atoms with E-state index in [1.165, 1.54) is 0 Å². The van der Waals surface area contributed by atoms with Gasteiger partial charge in [-0.3, -0.25) is 4.90 Å². The van der Waals surface area contributed by atoms with Crippen LogP contribution in [0.3, 0.4) is 0 Å². The van der Waals surface area contributed by atoms with Crippen molar-refractivity contribution in [1.29, 1.82) is 0 Å². The Morgan fingerprint density at radius 1 is 1.60 bits per heavy atom. The zero-order chi connectivity index (χ0) is 6.97. The zero-order valence-electron chi connectivity index (χ0n) is 5.99. The summed E-state index contributed by atoms with van der Waals surface area (Å²) in [5, 5.41) is 8.92. The maximum absolute atomic E-state index is 8.92. The van der Waals surface area contributed by atoms with Crippen molar-refractivity contribution >= 4 is 0 Å². The van der Waals surface area contributed by atoms with E-state index in [0.29, 0.717) is 18.8 Å². The van der Waals surface area contributed by atoms with Crippen molar-refractivity contribution in [3.63, 3.8) is 0 Å². The van der Waals surface area contributed by atoms with Crippen LogP contribution in [0, 0.1) is 0 Å². The Morgan fingerprint density at radius 2 is 2.50 bits per heavy atom. The lowest BCUT2D eigenvalue weighted by Crippen LogP contribution is -2.38. The van der Waals surface area contributed by atoms with E-state index >= 15 is 0 Å². The predicted molar refractivity (Wildman–Crippen MR) is 36.8 cm³/mol. The fourth-order valence-corrected chi connectivity index (χ4v) is 1.86. The molecule has 10 heavy (non-hydrogen) atoms. The lowest BCUT2D eigenvalue weighted by Gasteiger charge is -2.24. The highest BCUT2D eigenvalue weighted by Crippen LogP contribution is 2.22. The Bertz CT molecular complexity index is 129. The van der Waals surface area contributed by atoms with Crippen LogP contribution in [-0.2, 0) is 4.74 Å². The lowest BCUT2D eigenvalue weighted by atomic mass is 10.2. The van der Waals surface area contributed by atoms with Crippen LogP contribution in [0.4, 0.5) is 0 Å². The monoisotopic (exact) mass is 143 g/mol. The van der Waals surface area contributed by atoms with Gasteiger partial charge in [0.1, 0.15) is 0 Å². The molecule has 2 saturated heterocycles. The number of nitrogens with zero attached hydrogens (tertiary/aromatic N) is 1. The SMILES string of the molecule is OCC1C[C@@H]2C[N@@]1CCO2. The van der Waals surface area contributed by atoms with Gasteiger partial charge in [-0.2, -0.15) is 0 Å². The molecule has 0 saturated carbocycles. The van der Waals surface area contributed by atoms with Gasteiger partial charge in [0.2, 0.25) is 0 Å². The Morgan fingerprint density at radius 3 is 3.20 bits per heavy atom. The van der Waals surface area contributed by atoms with Crippen LogP contribution in [0.15, 0.2) is 0 Å². The first-order chi connectivity index (χ1) is 4.90. The molecule has 2 aliphatic rings. The summed E-state index contributed by atoms with van der Waals surface area (Å²) >= 11 is 0. The average Bonchev–Trinajstić information content (AvgIpc) is 2.26. The summed E-state index contributed by atoms with van der Waals surface area (Å²) in [6.45, 7) is 3.17. The van der Waals surface area contributed by atoms with Crippen LogP contribution >= 0.6 is 0 Å². The van der Waals surface area contributed by atoms with E-state index in [-0.39, 0.29) is 0 Å². The van der Waals surface area contributed by atoms with Crippen molar-refractivity contribution in [1.82, 2.24) is 4.90 Å². The number of hydrogen-bond donors (Lipinski definition) is 1. The first-order valence-electron chi connectivity index (χ1n) is 3.86. The van der Waals surface area contributed by atoms with Crippen molar-refractivity contribution in [2.45, 2.75) is 18.6 Å². The third-order valence-corrected chi connectivity index (χ3v) is 2.43. The third-order valence-electron chi connectivity index (χ3n) is 2.43. The molecule has 2 aliphatic heterocycles. The third kappa shape index (κ3) is 0.944. The van der Waals surface area contributed by atoms with Gasteiger partial charge in [-0.1, -0.05) is 0 Å². The smallest absolute Gasteiger partial charge is 0.0718 e. The van der Waals surface area contributed by atoms with Gasteiger partial charge >= 0.3 is 0 Å².